The van der Waals surface area contributed by atoms with Gasteiger partial charge in [0.2, 0.25) is 0 Å². The van der Waals surface area contributed by atoms with Crippen LogP contribution in [0.1, 0.15) is 0 Å². The van der Waals surface area contributed by atoms with Crippen LogP contribution in [0.5, 0.6) is 0 Å². The van der Waals surface area contributed by atoms with Crippen LogP contribution in [0.15, 0.2) is 11.9 Å². The standard InChI is InChI=1S/C6H9N3/c1-6-2-8-3-7(1)4-9(6)5-8/h1H,2-5H2. The van der Waals surface area contributed by atoms with Gasteiger partial charge in [0.05, 0.1) is 20.0 Å². The van der Waals surface area contributed by atoms with E-state index in [-0.39, 0.29) is 0 Å². The minimum absolute atomic E-state index is 1.14. The van der Waals surface area contributed by atoms with Gasteiger partial charge in [-0.1, -0.05) is 0 Å². The average Bonchev–Trinajstić information content (AvgIpc) is 2.20. The van der Waals surface area contributed by atoms with Crippen LogP contribution in [-0.2, 0) is 0 Å². The van der Waals surface area contributed by atoms with E-state index in [1.165, 1.54) is 18.9 Å². The van der Waals surface area contributed by atoms with Gasteiger partial charge in [-0.2, -0.15) is 0 Å². The number of rotatable bonds is 0. The molecule has 0 aromatic heterocycles. The minimum atomic E-state index is 1.14. The fourth-order valence-electron chi connectivity index (χ4n) is 1.88. The lowest BCUT2D eigenvalue weighted by Gasteiger charge is -2.30. The zero-order chi connectivity index (χ0) is 5.84. The molecule has 4 rings (SSSR count). The Balaban J connectivity index is 2.13. The largest absolute Gasteiger partial charge is 0.345 e. The SMILES string of the molecule is C1=C2CN3CN1CN2C3. The fraction of sp³-hybridized carbons (Fsp3) is 0.667. The van der Waals surface area contributed by atoms with E-state index in [0.717, 1.165) is 13.3 Å². The Morgan fingerprint density at radius 3 is 2.89 bits per heavy atom. The highest BCUT2D eigenvalue weighted by Crippen LogP contribution is 2.28. The van der Waals surface area contributed by atoms with Crippen molar-refractivity contribution in [3.8, 4) is 0 Å². The van der Waals surface area contributed by atoms with E-state index in [2.05, 4.69) is 20.9 Å². The number of hydrogen-bond acceptors (Lipinski definition) is 3. The normalized spacial score (nSPS) is 36.4. The van der Waals surface area contributed by atoms with Crippen molar-refractivity contribution in [2.75, 3.05) is 26.6 Å². The minimum Gasteiger partial charge on any atom is -0.345 e. The van der Waals surface area contributed by atoms with Crippen LogP contribution in [0.2, 0.25) is 0 Å². The molecule has 3 heteroatoms. The van der Waals surface area contributed by atoms with Crippen LogP contribution < -0.4 is 0 Å². The van der Waals surface area contributed by atoms with Crippen molar-refractivity contribution in [3.05, 3.63) is 11.9 Å². The van der Waals surface area contributed by atoms with Crippen molar-refractivity contribution in [2.24, 2.45) is 0 Å². The van der Waals surface area contributed by atoms with Crippen LogP contribution >= 0.6 is 0 Å². The highest BCUT2D eigenvalue weighted by molar-refractivity contribution is 5.15. The summed E-state index contributed by atoms with van der Waals surface area (Å²) in [7, 11) is 0. The molecule has 3 nitrogen and oxygen atoms in total. The van der Waals surface area contributed by atoms with Gasteiger partial charge in [-0.25, -0.2) is 0 Å². The topological polar surface area (TPSA) is 9.72 Å². The van der Waals surface area contributed by atoms with E-state index < -0.39 is 0 Å². The number of hydrogen-bond donors (Lipinski definition) is 0. The van der Waals surface area contributed by atoms with E-state index in [1.807, 2.05) is 0 Å². The first-order valence-corrected chi connectivity index (χ1v) is 3.34. The van der Waals surface area contributed by atoms with Gasteiger partial charge in [-0.3, -0.25) is 4.90 Å². The van der Waals surface area contributed by atoms with Crippen molar-refractivity contribution in [3.63, 3.8) is 0 Å². The van der Waals surface area contributed by atoms with Crippen molar-refractivity contribution in [2.45, 2.75) is 0 Å². The molecule has 0 amide bonds. The molecule has 2 saturated heterocycles. The second-order valence-electron chi connectivity index (χ2n) is 3.00. The second-order valence-corrected chi connectivity index (χ2v) is 3.00. The third-order valence-corrected chi connectivity index (χ3v) is 2.23. The zero-order valence-corrected chi connectivity index (χ0v) is 5.25. The highest BCUT2D eigenvalue weighted by Gasteiger charge is 2.36. The lowest BCUT2D eigenvalue weighted by Crippen LogP contribution is -2.42. The number of nitrogens with zero attached hydrogens (tertiary/aromatic N) is 3. The summed E-state index contributed by atoms with van der Waals surface area (Å²) >= 11 is 0. The molecule has 4 bridgehead atoms. The summed E-state index contributed by atoms with van der Waals surface area (Å²) in [5, 5.41) is 0. The average molecular weight is 123 g/mol. The lowest BCUT2D eigenvalue weighted by atomic mass is 10.4. The van der Waals surface area contributed by atoms with Gasteiger partial charge in [0.15, 0.2) is 0 Å². The van der Waals surface area contributed by atoms with Gasteiger partial charge >= 0.3 is 0 Å². The fourth-order valence-corrected chi connectivity index (χ4v) is 1.88. The van der Waals surface area contributed by atoms with Gasteiger partial charge in [0, 0.05) is 18.4 Å². The first kappa shape index (κ1) is 4.17. The predicted molar refractivity (Wildman–Crippen MR) is 33.1 cm³/mol. The second kappa shape index (κ2) is 1.09. The van der Waals surface area contributed by atoms with Crippen molar-refractivity contribution in [1.29, 1.82) is 0 Å². The molecule has 0 radical (unpaired) electrons. The molecule has 0 spiro atoms. The molecular formula is C6H9N3. The Kier molecular flexibility index (Phi) is 0.505. The van der Waals surface area contributed by atoms with Crippen molar-refractivity contribution in [1.82, 2.24) is 14.7 Å². The van der Waals surface area contributed by atoms with E-state index >= 15 is 0 Å². The summed E-state index contributed by atoms with van der Waals surface area (Å²) in [5.74, 6) is 0. The van der Waals surface area contributed by atoms with Gasteiger partial charge in [-0.15, -0.1) is 0 Å². The molecule has 9 heavy (non-hydrogen) atoms. The summed E-state index contributed by atoms with van der Waals surface area (Å²) in [6, 6.07) is 0. The third-order valence-electron chi connectivity index (χ3n) is 2.23. The quantitative estimate of drug-likeness (QED) is 0.436. The Morgan fingerprint density at radius 1 is 1.22 bits per heavy atom. The molecule has 2 fully saturated rings. The summed E-state index contributed by atoms with van der Waals surface area (Å²) in [6.45, 7) is 4.66. The van der Waals surface area contributed by atoms with E-state index in [0.29, 0.717) is 0 Å². The van der Waals surface area contributed by atoms with Crippen LogP contribution in [0.3, 0.4) is 0 Å². The molecular weight excluding hydrogens is 114 g/mol. The van der Waals surface area contributed by atoms with Crippen LogP contribution in [0.4, 0.5) is 0 Å². The molecule has 4 aliphatic heterocycles. The van der Waals surface area contributed by atoms with Gasteiger partial charge in [0.25, 0.3) is 0 Å². The van der Waals surface area contributed by atoms with E-state index in [9.17, 15) is 0 Å². The van der Waals surface area contributed by atoms with E-state index in [1.54, 1.807) is 0 Å². The molecule has 1 unspecified atom stereocenters. The first-order valence-electron chi connectivity index (χ1n) is 3.34. The molecule has 0 saturated carbocycles. The highest BCUT2D eigenvalue weighted by atomic mass is 15.6. The molecule has 4 heterocycles. The van der Waals surface area contributed by atoms with E-state index in [4.69, 9.17) is 0 Å². The molecule has 0 aromatic carbocycles. The van der Waals surface area contributed by atoms with Gasteiger partial charge < -0.3 is 9.80 Å². The lowest BCUT2D eigenvalue weighted by molar-refractivity contribution is 0.0899. The maximum absolute atomic E-state index is 2.44. The summed E-state index contributed by atoms with van der Waals surface area (Å²) in [6.07, 6.45) is 2.28. The summed E-state index contributed by atoms with van der Waals surface area (Å²) in [4.78, 5) is 7.21. The van der Waals surface area contributed by atoms with Crippen molar-refractivity contribution < 1.29 is 0 Å². The Labute approximate surface area is 54.1 Å². The molecule has 48 valence electrons. The summed E-state index contributed by atoms with van der Waals surface area (Å²) < 4.78 is 0. The Hall–Kier alpha value is -0.700. The maximum atomic E-state index is 2.44. The summed E-state index contributed by atoms with van der Waals surface area (Å²) in [5.41, 5.74) is 1.52. The molecule has 1 atom stereocenters. The van der Waals surface area contributed by atoms with Gasteiger partial charge in [0.1, 0.15) is 0 Å². The molecule has 4 aliphatic rings. The van der Waals surface area contributed by atoms with Gasteiger partial charge in [-0.05, 0) is 0 Å². The smallest absolute Gasteiger partial charge is 0.0921 e. The first-order chi connectivity index (χ1) is 4.42. The third kappa shape index (κ3) is 0.378. The van der Waals surface area contributed by atoms with Crippen molar-refractivity contribution >= 4 is 0 Å². The monoisotopic (exact) mass is 123 g/mol. The predicted octanol–water partition coefficient (Wildman–Crippen LogP) is -0.353. The Bertz CT molecular complexity index is 185. The van der Waals surface area contributed by atoms with Crippen LogP contribution in [-0.4, -0.2) is 41.3 Å². The molecule has 0 aromatic rings. The van der Waals surface area contributed by atoms with Crippen LogP contribution in [0, 0.1) is 0 Å². The molecule has 0 aliphatic carbocycles. The Morgan fingerprint density at radius 2 is 2.22 bits per heavy atom. The zero-order valence-electron chi connectivity index (χ0n) is 5.25. The van der Waals surface area contributed by atoms with Crippen LogP contribution in [0.25, 0.3) is 0 Å². The molecule has 0 N–H and O–H groups in total. The maximum Gasteiger partial charge on any atom is 0.0921 e.